The molecule has 0 aromatic carbocycles. The van der Waals surface area contributed by atoms with Crippen molar-refractivity contribution in [3.8, 4) is 0 Å². The summed E-state index contributed by atoms with van der Waals surface area (Å²) in [5.74, 6) is 0.412. The van der Waals surface area contributed by atoms with Gasteiger partial charge in [0.25, 0.3) is 0 Å². The third kappa shape index (κ3) is 2.32. The average Bonchev–Trinajstić information content (AvgIpc) is 2.92. The Morgan fingerprint density at radius 1 is 1.47 bits per heavy atom. The summed E-state index contributed by atoms with van der Waals surface area (Å²) in [7, 11) is 3.48. The van der Waals surface area contributed by atoms with Gasteiger partial charge >= 0.3 is 5.97 Å². The Kier molecular flexibility index (Phi) is 3.26. The summed E-state index contributed by atoms with van der Waals surface area (Å²) >= 11 is 0. The molecular formula is C11H19NO3. The van der Waals surface area contributed by atoms with Crippen molar-refractivity contribution in [2.45, 2.75) is 31.3 Å². The molecule has 1 heterocycles. The van der Waals surface area contributed by atoms with E-state index in [1.54, 1.807) is 0 Å². The van der Waals surface area contributed by atoms with Crippen LogP contribution in [-0.2, 0) is 14.3 Å². The van der Waals surface area contributed by atoms with Gasteiger partial charge in [0.2, 0.25) is 0 Å². The van der Waals surface area contributed by atoms with Crippen molar-refractivity contribution in [1.29, 1.82) is 0 Å². The van der Waals surface area contributed by atoms with Gasteiger partial charge in [-0.2, -0.15) is 0 Å². The molecule has 0 aromatic rings. The van der Waals surface area contributed by atoms with Gasteiger partial charge in [0.15, 0.2) is 0 Å². The lowest BCUT2D eigenvalue weighted by Gasteiger charge is -2.30. The number of hydrogen-bond donors (Lipinski definition) is 0. The zero-order valence-electron chi connectivity index (χ0n) is 9.44. The number of hydrogen-bond acceptors (Lipinski definition) is 4. The van der Waals surface area contributed by atoms with Crippen LogP contribution in [0, 0.1) is 5.92 Å². The van der Waals surface area contributed by atoms with Crippen LogP contribution in [0.15, 0.2) is 0 Å². The first-order chi connectivity index (χ1) is 7.24. The molecule has 0 spiro atoms. The molecule has 0 amide bonds. The average molecular weight is 213 g/mol. The van der Waals surface area contributed by atoms with Gasteiger partial charge in [-0.05, 0) is 32.2 Å². The molecule has 0 aromatic heterocycles. The van der Waals surface area contributed by atoms with E-state index in [-0.39, 0.29) is 12.0 Å². The third-order valence-electron chi connectivity index (χ3n) is 3.43. The van der Waals surface area contributed by atoms with Gasteiger partial charge in [-0.15, -0.1) is 0 Å². The third-order valence-corrected chi connectivity index (χ3v) is 3.43. The van der Waals surface area contributed by atoms with Crippen LogP contribution in [0.2, 0.25) is 0 Å². The molecule has 86 valence electrons. The predicted molar refractivity (Wildman–Crippen MR) is 55.5 cm³/mol. The smallest absolute Gasteiger partial charge is 0.323 e. The van der Waals surface area contributed by atoms with Crippen LogP contribution in [0.3, 0.4) is 0 Å². The summed E-state index contributed by atoms with van der Waals surface area (Å²) in [5, 5.41) is 0. The molecule has 1 saturated heterocycles. The van der Waals surface area contributed by atoms with Crippen LogP contribution in [0.25, 0.3) is 0 Å². The first kappa shape index (κ1) is 10.9. The molecule has 15 heavy (non-hydrogen) atoms. The van der Waals surface area contributed by atoms with Gasteiger partial charge in [0, 0.05) is 12.6 Å². The Hall–Kier alpha value is -0.610. The zero-order valence-corrected chi connectivity index (χ0v) is 9.44. The summed E-state index contributed by atoms with van der Waals surface area (Å²) < 4.78 is 10.2. The minimum absolute atomic E-state index is 0.0540. The van der Waals surface area contributed by atoms with Crippen LogP contribution >= 0.6 is 0 Å². The van der Waals surface area contributed by atoms with E-state index in [2.05, 4.69) is 4.90 Å². The van der Waals surface area contributed by atoms with Crippen molar-refractivity contribution in [2.75, 3.05) is 27.4 Å². The van der Waals surface area contributed by atoms with Crippen molar-refractivity contribution in [1.82, 2.24) is 4.90 Å². The molecular weight excluding hydrogens is 194 g/mol. The lowest BCUT2D eigenvalue weighted by Crippen LogP contribution is -2.47. The van der Waals surface area contributed by atoms with Crippen LogP contribution in [0.4, 0.5) is 0 Å². The van der Waals surface area contributed by atoms with E-state index >= 15 is 0 Å². The maximum absolute atomic E-state index is 11.7. The van der Waals surface area contributed by atoms with E-state index in [1.165, 1.54) is 7.11 Å². The summed E-state index contributed by atoms with van der Waals surface area (Å²) in [6.45, 7) is 1.56. The number of carbonyl (C=O) groups is 1. The molecule has 0 N–H and O–H groups in total. The molecule has 0 bridgehead atoms. The van der Waals surface area contributed by atoms with Crippen molar-refractivity contribution in [2.24, 2.45) is 5.92 Å². The molecule has 2 unspecified atom stereocenters. The summed E-state index contributed by atoms with van der Waals surface area (Å²) in [5.41, 5.74) is 0. The highest BCUT2D eigenvalue weighted by molar-refractivity contribution is 5.76. The van der Waals surface area contributed by atoms with Crippen molar-refractivity contribution in [3.05, 3.63) is 0 Å². The van der Waals surface area contributed by atoms with Gasteiger partial charge in [-0.3, -0.25) is 9.69 Å². The SMILES string of the molecule is COC(=O)C(C1CC1)N(C)C1CCOC1. The van der Waals surface area contributed by atoms with Gasteiger partial charge in [0.1, 0.15) is 6.04 Å². The standard InChI is InChI=1S/C11H19NO3/c1-12(9-5-6-15-7-9)10(8-3-4-8)11(13)14-2/h8-10H,3-7H2,1-2H3. The lowest BCUT2D eigenvalue weighted by atomic mass is 10.1. The van der Waals surface area contributed by atoms with E-state index in [0.29, 0.717) is 12.0 Å². The molecule has 2 aliphatic rings. The fraction of sp³-hybridized carbons (Fsp3) is 0.909. The van der Waals surface area contributed by atoms with E-state index in [4.69, 9.17) is 9.47 Å². The largest absolute Gasteiger partial charge is 0.468 e. The second-order valence-corrected chi connectivity index (χ2v) is 4.49. The number of likely N-dealkylation sites (N-methyl/N-ethyl adjacent to an activating group) is 1. The van der Waals surface area contributed by atoms with E-state index in [9.17, 15) is 4.79 Å². The highest BCUT2D eigenvalue weighted by Gasteiger charge is 2.42. The number of carbonyl (C=O) groups excluding carboxylic acids is 1. The van der Waals surface area contributed by atoms with Crippen LogP contribution < -0.4 is 0 Å². The molecule has 1 saturated carbocycles. The highest BCUT2D eigenvalue weighted by atomic mass is 16.5. The Morgan fingerprint density at radius 3 is 2.67 bits per heavy atom. The molecule has 0 radical (unpaired) electrons. The lowest BCUT2D eigenvalue weighted by molar-refractivity contribution is -0.148. The molecule has 2 fully saturated rings. The molecule has 2 atom stereocenters. The van der Waals surface area contributed by atoms with Gasteiger partial charge in [-0.1, -0.05) is 0 Å². The van der Waals surface area contributed by atoms with Crippen molar-refractivity contribution >= 4 is 5.97 Å². The van der Waals surface area contributed by atoms with Gasteiger partial charge in [-0.25, -0.2) is 0 Å². The molecule has 4 nitrogen and oxygen atoms in total. The number of nitrogens with zero attached hydrogens (tertiary/aromatic N) is 1. The van der Waals surface area contributed by atoms with Crippen LogP contribution in [-0.4, -0.2) is 50.3 Å². The predicted octanol–water partition coefficient (Wildman–Crippen LogP) is 0.659. The first-order valence-electron chi connectivity index (χ1n) is 5.61. The summed E-state index contributed by atoms with van der Waals surface area (Å²) in [6, 6.07) is 0.330. The van der Waals surface area contributed by atoms with Gasteiger partial charge < -0.3 is 9.47 Å². The quantitative estimate of drug-likeness (QED) is 0.643. The monoisotopic (exact) mass is 213 g/mol. The highest BCUT2D eigenvalue weighted by Crippen LogP contribution is 2.36. The fourth-order valence-corrected chi connectivity index (χ4v) is 2.29. The van der Waals surface area contributed by atoms with Crippen LogP contribution in [0.1, 0.15) is 19.3 Å². The zero-order chi connectivity index (χ0) is 10.8. The van der Waals surface area contributed by atoms with Crippen molar-refractivity contribution < 1.29 is 14.3 Å². The topological polar surface area (TPSA) is 38.8 Å². The van der Waals surface area contributed by atoms with E-state index < -0.39 is 0 Å². The number of methoxy groups -OCH3 is 1. The normalized spacial score (nSPS) is 28.1. The Labute approximate surface area is 90.5 Å². The minimum Gasteiger partial charge on any atom is -0.468 e. The van der Waals surface area contributed by atoms with Crippen LogP contribution in [0.5, 0.6) is 0 Å². The number of esters is 1. The molecule has 4 heteroatoms. The van der Waals surface area contributed by atoms with Crippen molar-refractivity contribution in [3.63, 3.8) is 0 Å². The van der Waals surface area contributed by atoms with E-state index in [1.807, 2.05) is 7.05 Å². The second kappa shape index (κ2) is 4.49. The Bertz CT molecular complexity index is 234. The fourth-order valence-electron chi connectivity index (χ4n) is 2.29. The molecule has 2 rings (SSSR count). The Morgan fingerprint density at radius 2 is 2.20 bits per heavy atom. The number of ether oxygens (including phenoxy) is 2. The molecule has 1 aliphatic carbocycles. The molecule has 1 aliphatic heterocycles. The summed E-state index contributed by atoms with van der Waals surface area (Å²) in [6.07, 6.45) is 3.33. The maximum Gasteiger partial charge on any atom is 0.323 e. The first-order valence-corrected chi connectivity index (χ1v) is 5.61. The van der Waals surface area contributed by atoms with E-state index in [0.717, 1.165) is 32.5 Å². The summed E-state index contributed by atoms with van der Waals surface area (Å²) in [4.78, 5) is 13.8. The number of rotatable bonds is 4. The maximum atomic E-state index is 11.7. The second-order valence-electron chi connectivity index (χ2n) is 4.49. The minimum atomic E-state index is -0.0908. The Balaban J connectivity index is 1.99. The van der Waals surface area contributed by atoms with Gasteiger partial charge in [0.05, 0.1) is 13.7 Å².